The molecule has 0 aliphatic carbocycles. The maximum atomic E-state index is 14.1. The lowest BCUT2D eigenvalue weighted by atomic mass is 10.1. The van der Waals surface area contributed by atoms with E-state index in [9.17, 15) is 22.4 Å². The molecule has 0 spiro atoms. The minimum absolute atomic E-state index is 0.00158. The number of nitrogens with zero attached hydrogens (tertiary/aromatic N) is 2. The zero-order valence-electron chi connectivity index (χ0n) is 25.1. The number of carbonyl (C=O) groups is 2. The van der Waals surface area contributed by atoms with Crippen molar-refractivity contribution >= 4 is 39.3 Å². The third kappa shape index (κ3) is 9.21. The summed E-state index contributed by atoms with van der Waals surface area (Å²) in [6.45, 7) is 6.00. The number of ether oxygens (including phenoxy) is 1. The number of nitrogens with one attached hydrogen (secondary N) is 1. The van der Waals surface area contributed by atoms with Crippen LogP contribution in [0.4, 0.5) is 10.1 Å². The molecule has 3 rings (SSSR count). The lowest BCUT2D eigenvalue weighted by molar-refractivity contribution is -0.140. The van der Waals surface area contributed by atoms with E-state index in [0.717, 1.165) is 22.0 Å². The van der Waals surface area contributed by atoms with Gasteiger partial charge >= 0.3 is 0 Å². The molecule has 43 heavy (non-hydrogen) atoms. The second-order valence-corrected chi connectivity index (χ2v) is 12.6. The standard InChI is InChI=1S/C32H40FN3O5S2/c1-5-8-21-34-32(38)30(6-2)35(22-24-9-11-25(33)12-10-24)31(37)23-36(26-13-15-27(16-14-26)41-7-3)43(39,40)29-19-17-28(42-4)18-20-29/h9-20,30H,5-8,21-23H2,1-4H3,(H,34,38)/t30-/m0/s1. The Morgan fingerprint density at radius 1 is 0.953 bits per heavy atom. The summed E-state index contributed by atoms with van der Waals surface area (Å²) in [7, 11) is -4.20. The Morgan fingerprint density at radius 2 is 1.60 bits per heavy atom. The summed E-state index contributed by atoms with van der Waals surface area (Å²) in [6.07, 6.45) is 3.87. The molecule has 3 aromatic rings. The number of halogens is 1. The third-order valence-electron chi connectivity index (χ3n) is 6.84. The molecule has 0 unspecified atom stereocenters. The lowest BCUT2D eigenvalue weighted by Crippen LogP contribution is -2.52. The zero-order chi connectivity index (χ0) is 31.4. The average Bonchev–Trinajstić information content (AvgIpc) is 3.01. The number of anilines is 1. The van der Waals surface area contributed by atoms with Crippen molar-refractivity contribution in [1.82, 2.24) is 10.2 Å². The van der Waals surface area contributed by atoms with Crippen molar-refractivity contribution in [3.05, 3.63) is 84.2 Å². The van der Waals surface area contributed by atoms with Gasteiger partial charge < -0.3 is 15.0 Å². The summed E-state index contributed by atoms with van der Waals surface area (Å²) in [5.41, 5.74) is 0.880. The van der Waals surface area contributed by atoms with Gasteiger partial charge in [0, 0.05) is 18.0 Å². The van der Waals surface area contributed by atoms with Crippen molar-refractivity contribution in [2.24, 2.45) is 0 Å². The molecule has 2 amide bonds. The van der Waals surface area contributed by atoms with E-state index in [1.165, 1.54) is 40.9 Å². The van der Waals surface area contributed by atoms with Crippen molar-refractivity contribution in [3.63, 3.8) is 0 Å². The van der Waals surface area contributed by atoms with Crippen molar-refractivity contribution in [2.45, 2.75) is 62.4 Å². The predicted octanol–water partition coefficient (Wildman–Crippen LogP) is 5.87. The van der Waals surface area contributed by atoms with Crippen LogP contribution in [0.1, 0.15) is 45.6 Å². The van der Waals surface area contributed by atoms with Crippen LogP contribution >= 0.6 is 11.8 Å². The minimum Gasteiger partial charge on any atom is -0.494 e. The molecular formula is C32H40FN3O5S2. The molecule has 0 fully saturated rings. The molecule has 0 aliphatic rings. The van der Waals surface area contributed by atoms with Gasteiger partial charge in [-0.2, -0.15) is 0 Å². The van der Waals surface area contributed by atoms with Gasteiger partial charge in [-0.3, -0.25) is 13.9 Å². The smallest absolute Gasteiger partial charge is 0.264 e. The SMILES string of the molecule is CCCCNC(=O)[C@H](CC)N(Cc1ccc(F)cc1)C(=O)CN(c1ccc(OCC)cc1)S(=O)(=O)c1ccc(SC)cc1. The molecule has 232 valence electrons. The summed E-state index contributed by atoms with van der Waals surface area (Å²) < 4.78 is 48.3. The maximum Gasteiger partial charge on any atom is 0.264 e. The van der Waals surface area contributed by atoms with Crippen LogP contribution in [0.3, 0.4) is 0 Å². The van der Waals surface area contributed by atoms with Gasteiger partial charge in [0.2, 0.25) is 11.8 Å². The van der Waals surface area contributed by atoms with Gasteiger partial charge in [0.1, 0.15) is 24.2 Å². The van der Waals surface area contributed by atoms with E-state index in [1.54, 1.807) is 55.5 Å². The van der Waals surface area contributed by atoms with Gasteiger partial charge in [-0.15, -0.1) is 11.8 Å². The van der Waals surface area contributed by atoms with E-state index >= 15 is 0 Å². The van der Waals surface area contributed by atoms with Gasteiger partial charge in [0.05, 0.1) is 17.2 Å². The maximum absolute atomic E-state index is 14.1. The number of thioether (sulfide) groups is 1. The fraction of sp³-hybridized carbons (Fsp3) is 0.375. The van der Waals surface area contributed by atoms with Crippen LogP contribution in [-0.2, 0) is 26.2 Å². The normalized spacial score (nSPS) is 11.9. The summed E-state index contributed by atoms with van der Waals surface area (Å²) in [4.78, 5) is 29.7. The Balaban J connectivity index is 2.04. The molecule has 8 nitrogen and oxygen atoms in total. The van der Waals surface area contributed by atoms with E-state index < -0.39 is 34.3 Å². The van der Waals surface area contributed by atoms with E-state index in [-0.39, 0.29) is 23.0 Å². The van der Waals surface area contributed by atoms with Crippen LogP contribution in [-0.4, -0.2) is 57.1 Å². The van der Waals surface area contributed by atoms with Crippen LogP contribution in [0.15, 0.2) is 82.6 Å². The van der Waals surface area contributed by atoms with E-state index in [4.69, 9.17) is 4.74 Å². The van der Waals surface area contributed by atoms with Crippen LogP contribution in [0.5, 0.6) is 5.75 Å². The predicted molar refractivity (Wildman–Crippen MR) is 169 cm³/mol. The number of unbranched alkanes of at least 4 members (excludes halogenated alkanes) is 1. The third-order valence-corrected chi connectivity index (χ3v) is 9.38. The van der Waals surface area contributed by atoms with Crippen LogP contribution < -0.4 is 14.4 Å². The Morgan fingerprint density at radius 3 is 2.16 bits per heavy atom. The molecule has 0 aliphatic heterocycles. The van der Waals surface area contributed by atoms with Crippen LogP contribution in [0.2, 0.25) is 0 Å². The number of carbonyl (C=O) groups excluding carboxylic acids is 2. The second kappa shape index (κ2) is 16.3. The lowest BCUT2D eigenvalue weighted by Gasteiger charge is -2.33. The molecule has 0 radical (unpaired) electrons. The highest BCUT2D eigenvalue weighted by Gasteiger charge is 2.33. The number of amides is 2. The van der Waals surface area contributed by atoms with Crippen LogP contribution in [0.25, 0.3) is 0 Å². The minimum atomic E-state index is -4.20. The highest BCUT2D eigenvalue weighted by Crippen LogP contribution is 2.28. The number of sulfonamides is 1. The molecule has 3 aromatic carbocycles. The topological polar surface area (TPSA) is 96.0 Å². The monoisotopic (exact) mass is 629 g/mol. The highest BCUT2D eigenvalue weighted by atomic mass is 32.2. The summed E-state index contributed by atoms with van der Waals surface area (Å²) in [6, 6.07) is 17.7. The molecule has 1 N–H and O–H groups in total. The zero-order valence-corrected chi connectivity index (χ0v) is 26.7. The van der Waals surface area contributed by atoms with Crippen molar-refractivity contribution in [1.29, 1.82) is 0 Å². The van der Waals surface area contributed by atoms with Gasteiger partial charge in [0.15, 0.2) is 0 Å². The van der Waals surface area contributed by atoms with E-state index in [0.29, 0.717) is 30.9 Å². The van der Waals surface area contributed by atoms with Crippen molar-refractivity contribution < 1.29 is 27.1 Å². The van der Waals surface area contributed by atoms with Gasteiger partial charge in [-0.1, -0.05) is 32.4 Å². The molecule has 0 saturated heterocycles. The fourth-order valence-corrected chi connectivity index (χ4v) is 6.31. The van der Waals surface area contributed by atoms with E-state index in [1.807, 2.05) is 20.1 Å². The Hall–Kier alpha value is -3.57. The van der Waals surface area contributed by atoms with E-state index in [2.05, 4.69) is 5.32 Å². The van der Waals surface area contributed by atoms with Crippen molar-refractivity contribution in [2.75, 3.05) is 30.3 Å². The summed E-state index contributed by atoms with van der Waals surface area (Å²) >= 11 is 1.49. The Labute approximate surface area is 258 Å². The molecular weight excluding hydrogens is 590 g/mol. The largest absolute Gasteiger partial charge is 0.494 e. The molecule has 0 bridgehead atoms. The first-order chi connectivity index (χ1) is 20.6. The Bertz CT molecular complexity index is 1430. The molecule has 11 heteroatoms. The first-order valence-corrected chi connectivity index (χ1v) is 17.0. The first kappa shape index (κ1) is 33.9. The van der Waals surface area contributed by atoms with Gasteiger partial charge in [0.25, 0.3) is 10.0 Å². The quantitative estimate of drug-likeness (QED) is 0.157. The molecule has 0 heterocycles. The Kier molecular flexibility index (Phi) is 12.9. The number of hydrogen-bond acceptors (Lipinski definition) is 6. The summed E-state index contributed by atoms with van der Waals surface area (Å²) in [5, 5.41) is 2.89. The molecule has 0 saturated carbocycles. The van der Waals surface area contributed by atoms with Crippen LogP contribution in [0, 0.1) is 5.82 Å². The molecule has 1 atom stereocenters. The number of benzene rings is 3. The van der Waals surface area contributed by atoms with Gasteiger partial charge in [-0.05, 0) is 92.2 Å². The number of rotatable bonds is 16. The fourth-order valence-electron chi connectivity index (χ4n) is 4.49. The van der Waals surface area contributed by atoms with Gasteiger partial charge in [-0.25, -0.2) is 12.8 Å². The second-order valence-electron chi connectivity index (χ2n) is 9.83. The number of hydrogen-bond donors (Lipinski definition) is 1. The van der Waals surface area contributed by atoms with Crippen molar-refractivity contribution in [3.8, 4) is 5.75 Å². The summed E-state index contributed by atoms with van der Waals surface area (Å²) in [5.74, 6) is -0.757. The highest BCUT2D eigenvalue weighted by molar-refractivity contribution is 7.98. The molecule has 0 aromatic heterocycles. The average molecular weight is 630 g/mol. The first-order valence-electron chi connectivity index (χ1n) is 14.4.